The van der Waals surface area contributed by atoms with Crippen LogP contribution >= 0.6 is 15.9 Å². The summed E-state index contributed by atoms with van der Waals surface area (Å²) >= 11 is 3.65. The number of para-hydroxylation sites is 2. The number of alkyl halides is 1. The van der Waals surface area contributed by atoms with Crippen molar-refractivity contribution in [2.24, 2.45) is 5.73 Å². The third-order valence-electron chi connectivity index (χ3n) is 4.35. The van der Waals surface area contributed by atoms with E-state index in [1.165, 1.54) is 11.4 Å². The molecule has 0 bridgehead atoms. The van der Waals surface area contributed by atoms with Crippen LogP contribution in [-0.2, 0) is 4.74 Å². The van der Waals surface area contributed by atoms with E-state index >= 15 is 0 Å². The van der Waals surface area contributed by atoms with Gasteiger partial charge in [0.2, 0.25) is 0 Å². The fourth-order valence-corrected chi connectivity index (χ4v) is 3.52. The van der Waals surface area contributed by atoms with E-state index in [0.29, 0.717) is 4.83 Å². The standard InChI is InChI=1S/C16H25BrN4O/c1-13(17)12-21-15-5-3-2-4-14(15)20(16(21)18)7-6-19-8-10-22-11-9-19/h2-5,13,16H,6-12,18H2,1H3. The number of hydrogen-bond donors (Lipinski definition) is 1. The van der Waals surface area contributed by atoms with Gasteiger partial charge in [0.05, 0.1) is 24.6 Å². The summed E-state index contributed by atoms with van der Waals surface area (Å²) in [6.45, 7) is 8.78. The molecule has 0 spiro atoms. The second kappa shape index (κ2) is 7.17. The van der Waals surface area contributed by atoms with Crippen molar-refractivity contribution in [2.45, 2.75) is 18.0 Å². The quantitative estimate of drug-likeness (QED) is 0.800. The molecule has 1 aromatic carbocycles. The fraction of sp³-hybridized carbons (Fsp3) is 0.625. The Kier molecular flexibility index (Phi) is 5.23. The molecule has 22 heavy (non-hydrogen) atoms. The molecule has 2 aliphatic rings. The molecular weight excluding hydrogens is 344 g/mol. The van der Waals surface area contributed by atoms with E-state index in [1.807, 2.05) is 0 Å². The van der Waals surface area contributed by atoms with Crippen molar-refractivity contribution in [1.29, 1.82) is 0 Å². The Labute approximate surface area is 141 Å². The molecule has 1 aromatic rings. The second-order valence-corrected chi connectivity index (χ2v) is 7.55. The summed E-state index contributed by atoms with van der Waals surface area (Å²) in [6.07, 6.45) is -0.0848. The molecule has 2 heterocycles. The predicted octanol–water partition coefficient (Wildman–Crippen LogP) is 1.67. The van der Waals surface area contributed by atoms with Gasteiger partial charge in [-0.1, -0.05) is 35.0 Å². The van der Waals surface area contributed by atoms with Crippen LogP contribution in [-0.4, -0.2) is 62.0 Å². The number of halogens is 1. The van der Waals surface area contributed by atoms with Crippen LogP contribution in [0, 0.1) is 0 Å². The van der Waals surface area contributed by atoms with Crippen LogP contribution < -0.4 is 15.5 Å². The number of benzene rings is 1. The van der Waals surface area contributed by atoms with Gasteiger partial charge in [-0.2, -0.15) is 0 Å². The van der Waals surface area contributed by atoms with Crippen LogP contribution in [0.4, 0.5) is 11.4 Å². The van der Waals surface area contributed by atoms with Crippen LogP contribution in [0.1, 0.15) is 6.92 Å². The van der Waals surface area contributed by atoms with Crippen LogP contribution in [0.5, 0.6) is 0 Å². The molecular formula is C16H25BrN4O. The fourth-order valence-electron chi connectivity index (χ4n) is 3.21. The SMILES string of the molecule is CC(Br)CN1c2ccccc2N(CCN2CCOCC2)C1N. The Hall–Kier alpha value is -0.820. The van der Waals surface area contributed by atoms with E-state index in [-0.39, 0.29) is 6.29 Å². The summed E-state index contributed by atoms with van der Waals surface area (Å²) in [6, 6.07) is 8.52. The van der Waals surface area contributed by atoms with E-state index in [1.54, 1.807) is 0 Å². The molecule has 0 aromatic heterocycles. The molecule has 122 valence electrons. The highest BCUT2D eigenvalue weighted by Crippen LogP contribution is 2.38. The first kappa shape index (κ1) is 16.1. The van der Waals surface area contributed by atoms with E-state index in [9.17, 15) is 0 Å². The van der Waals surface area contributed by atoms with Gasteiger partial charge in [-0.25, -0.2) is 0 Å². The van der Waals surface area contributed by atoms with Gasteiger partial charge in [-0.05, 0) is 12.1 Å². The first-order valence-corrected chi connectivity index (χ1v) is 8.90. The lowest BCUT2D eigenvalue weighted by molar-refractivity contribution is 0.0390. The highest BCUT2D eigenvalue weighted by Gasteiger charge is 2.33. The van der Waals surface area contributed by atoms with E-state index < -0.39 is 0 Å². The number of ether oxygens (including phenoxy) is 1. The average molecular weight is 369 g/mol. The van der Waals surface area contributed by atoms with Gasteiger partial charge in [-0.3, -0.25) is 10.6 Å². The normalized spacial score (nSPS) is 23.7. The Balaban J connectivity index is 1.70. The third kappa shape index (κ3) is 3.40. The number of nitrogens with two attached hydrogens (primary N) is 1. The maximum absolute atomic E-state index is 6.53. The van der Waals surface area contributed by atoms with Gasteiger partial charge in [0, 0.05) is 37.6 Å². The zero-order valence-corrected chi connectivity index (χ0v) is 14.7. The Bertz CT molecular complexity index is 493. The summed E-state index contributed by atoms with van der Waals surface area (Å²) in [5.41, 5.74) is 9.01. The zero-order valence-electron chi connectivity index (χ0n) is 13.1. The lowest BCUT2D eigenvalue weighted by Crippen LogP contribution is -2.53. The maximum atomic E-state index is 6.53. The minimum atomic E-state index is -0.0848. The van der Waals surface area contributed by atoms with E-state index in [4.69, 9.17) is 10.5 Å². The van der Waals surface area contributed by atoms with Crippen LogP contribution in [0.15, 0.2) is 24.3 Å². The largest absolute Gasteiger partial charge is 0.379 e. The van der Waals surface area contributed by atoms with Gasteiger partial charge >= 0.3 is 0 Å². The van der Waals surface area contributed by atoms with Crippen LogP contribution in [0.3, 0.4) is 0 Å². The Morgan fingerprint density at radius 2 is 1.82 bits per heavy atom. The molecule has 0 saturated carbocycles. The smallest absolute Gasteiger partial charge is 0.155 e. The van der Waals surface area contributed by atoms with Crippen molar-refractivity contribution < 1.29 is 4.74 Å². The molecule has 2 atom stereocenters. The van der Waals surface area contributed by atoms with Crippen molar-refractivity contribution in [3.05, 3.63) is 24.3 Å². The first-order valence-electron chi connectivity index (χ1n) is 7.99. The second-order valence-electron chi connectivity index (χ2n) is 5.98. The van der Waals surface area contributed by atoms with E-state index in [2.05, 4.69) is 61.8 Å². The van der Waals surface area contributed by atoms with Gasteiger partial charge in [0.1, 0.15) is 0 Å². The van der Waals surface area contributed by atoms with Crippen LogP contribution in [0.25, 0.3) is 0 Å². The molecule has 1 fully saturated rings. The molecule has 6 heteroatoms. The van der Waals surface area contributed by atoms with Crippen molar-refractivity contribution in [3.8, 4) is 0 Å². The molecule has 1 saturated heterocycles. The number of morpholine rings is 1. The van der Waals surface area contributed by atoms with Crippen molar-refractivity contribution >= 4 is 27.3 Å². The van der Waals surface area contributed by atoms with Crippen LogP contribution in [0.2, 0.25) is 0 Å². The number of nitrogens with zero attached hydrogens (tertiary/aromatic N) is 3. The average Bonchev–Trinajstić information content (AvgIpc) is 2.78. The minimum Gasteiger partial charge on any atom is -0.379 e. The van der Waals surface area contributed by atoms with Crippen molar-refractivity contribution in [2.75, 3.05) is 55.7 Å². The Morgan fingerprint density at radius 3 is 2.45 bits per heavy atom. The number of rotatable bonds is 5. The molecule has 2 unspecified atom stereocenters. The van der Waals surface area contributed by atoms with Gasteiger partial charge in [-0.15, -0.1) is 0 Å². The number of anilines is 2. The lowest BCUT2D eigenvalue weighted by atomic mass is 10.2. The molecule has 0 aliphatic carbocycles. The highest BCUT2D eigenvalue weighted by molar-refractivity contribution is 9.09. The molecule has 0 radical (unpaired) electrons. The summed E-state index contributed by atoms with van der Waals surface area (Å²) in [4.78, 5) is 7.47. The summed E-state index contributed by atoms with van der Waals surface area (Å²) in [7, 11) is 0. The van der Waals surface area contributed by atoms with Gasteiger partial charge < -0.3 is 14.5 Å². The van der Waals surface area contributed by atoms with E-state index in [0.717, 1.165) is 45.9 Å². The molecule has 5 nitrogen and oxygen atoms in total. The topological polar surface area (TPSA) is 45.0 Å². The number of hydrogen-bond acceptors (Lipinski definition) is 5. The predicted molar refractivity (Wildman–Crippen MR) is 94.8 cm³/mol. The number of fused-ring (bicyclic) bond motifs is 1. The summed E-state index contributed by atoms with van der Waals surface area (Å²) in [5.74, 6) is 0. The highest BCUT2D eigenvalue weighted by atomic mass is 79.9. The Morgan fingerprint density at radius 1 is 1.18 bits per heavy atom. The minimum absolute atomic E-state index is 0.0848. The van der Waals surface area contributed by atoms with Crippen molar-refractivity contribution in [1.82, 2.24) is 4.90 Å². The molecule has 0 amide bonds. The molecule has 2 N–H and O–H groups in total. The zero-order chi connectivity index (χ0) is 15.5. The molecule has 2 aliphatic heterocycles. The van der Waals surface area contributed by atoms with Gasteiger partial charge in [0.25, 0.3) is 0 Å². The molecule has 3 rings (SSSR count). The third-order valence-corrected chi connectivity index (χ3v) is 4.64. The summed E-state index contributed by atoms with van der Waals surface area (Å²) < 4.78 is 5.42. The maximum Gasteiger partial charge on any atom is 0.155 e. The first-order chi connectivity index (χ1) is 10.7. The summed E-state index contributed by atoms with van der Waals surface area (Å²) in [5, 5.41) is 0. The van der Waals surface area contributed by atoms with Crippen molar-refractivity contribution in [3.63, 3.8) is 0 Å². The lowest BCUT2D eigenvalue weighted by Gasteiger charge is -2.33. The monoisotopic (exact) mass is 368 g/mol. The van der Waals surface area contributed by atoms with Gasteiger partial charge in [0.15, 0.2) is 6.29 Å².